The number of nitrogens with zero attached hydrogens (tertiary/aromatic N) is 1. The van der Waals surface area contributed by atoms with E-state index in [4.69, 9.17) is 16.3 Å². The molecule has 1 aliphatic heterocycles. The van der Waals surface area contributed by atoms with E-state index in [2.05, 4.69) is 10.6 Å². The first-order chi connectivity index (χ1) is 11.1. The Morgan fingerprint density at radius 1 is 1.48 bits per heavy atom. The van der Waals surface area contributed by atoms with Gasteiger partial charge in [0.25, 0.3) is 0 Å². The number of aryl methyl sites for hydroxylation is 1. The van der Waals surface area contributed by atoms with Crippen LogP contribution in [0.25, 0.3) is 0 Å². The first-order valence-electron chi connectivity index (χ1n) is 8.57. The smallest absolute Gasteiger partial charge is 0.315 e. The summed E-state index contributed by atoms with van der Waals surface area (Å²) in [4.78, 5) is 12.4. The third-order valence-corrected chi connectivity index (χ3v) is 6.28. The number of ether oxygens (including phenoxy) is 1. The third kappa shape index (κ3) is 2.45. The zero-order valence-electron chi connectivity index (χ0n) is 13.5. The Bertz CT molecular complexity index is 609. The summed E-state index contributed by atoms with van der Waals surface area (Å²) in [7, 11) is 1.93. The highest BCUT2D eigenvalue weighted by Gasteiger charge is 2.65. The molecular formula is C17H24ClN3O2. The number of halogens is 1. The number of aromatic nitrogens is 1. The lowest BCUT2D eigenvalue weighted by atomic mass is 9.54. The average Bonchev–Trinajstić information content (AvgIpc) is 3.21. The van der Waals surface area contributed by atoms with Crippen LogP contribution in [0.1, 0.15) is 37.8 Å². The molecule has 2 N–H and O–H groups in total. The predicted octanol–water partition coefficient (Wildman–Crippen LogP) is 2.83. The molecule has 0 radical (unpaired) electrons. The highest BCUT2D eigenvalue weighted by atomic mass is 35.5. The van der Waals surface area contributed by atoms with E-state index < -0.39 is 0 Å². The van der Waals surface area contributed by atoms with Crippen molar-refractivity contribution >= 4 is 17.6 Å². The van der Waals surface area contributed by atoms with Crippen LogP contribution < -0.4 is 10.6 Å². The molecular weight excluding hydrogens is 314 g/mol. The van der Waals surface area contributed by atoms with Gasteiger partial charge in [-0.1, -0.05) is 24.4 Å². The van der Waals surface area contributed by atoms with E-state index in [1.807, 2.05) is 23.9 Å². The maximum atomic E-state index is 12.4. The van der Waals surface area contributed by atoms with Gasteiger partial charge in [-0.3, -0.25) is 0 Å². The minimum atomic E-state index is -0.0797. The number of carbonyl (C=O) groups excluding carboxylic acids is 1. The lowest BCUT2D eigenvalue weighted by Gasteiger charge is -2.56. The fourth-order valence-corrected chi connectivity index (χ4v) is 5.28. The van der Waals surface area contributed by atoms with E-state index in [-0.39, 0.29) is 17.5 Å². The summed E-state index contributed by atoms with van der Waals surface area (Å²) in [6, 6.07) is 2.07. The molecule has 2 aliphatic carbocycles. The lowest BCUT2D eigenvalue weighted by molar-refractivity contribution is -0.126. The molecule has 3 atom stereocenters. The maximum absolute atomic E-state index is 12.4. The van der Waals surface area contributed by atoms with Crippen molar-refractivity contribution in [3.8, 4) is 0 Å². The largest absolute Gasteiger partial charge is 0.377 e. The van der Waals surface area contributed by atoms with Crippen molar-refractivity contribution in [1.82, 2.24) is 15.2 Å². The summed E-state index contributed by atoms with van der Waals surface area (Å²) in [5.74, 6) is 0.503. The normalized spacial score (nSPS) is 31.0. The van der Waals surface area contributed by atoms with Gasteiger partial charge in [-0.15, -0.1) is 0 Å². The van der Waals surface area contributed by atoms with E-state index in [1.54, 1.807) is 0 Å². The second-order valence-corrected chi connectivity index (χ2v) is 7.69. The Morgan fingerprint density at radius 2 is 2.26 bits per heavy atom. The van der Waals surface area contributed by atoms with E-state index >= 15 is 0 Å². The van der Waals surface area contributed by atoms with Gasteiger partial charge in [-0.25, -0.2) is 4.79 Å². The molecule has 3 fully saturated rings. The molecule has 23 heavy (non-hydrogen) atoms. The van der Waals surface area contributed by atoms with E-state index in [0.717, 1.165) is 18.7 Å². The quantitative estimate of drug-likeness (QED) is 0.891. The topological polar surface area (TPSA) is 55.3 Å². The summed E-state index contributed by atoms with van der Waals surface area (Å²) in [6.45, 7) is 1.33. The van der Waals surface area contributed by atoms with E-state index in [1.165, 1.54) is 25.7 Å². The SMILES string of the molecule is Cn1cc(Cl)cc1CNC(=O)NC1C2CCOC2C12CCCC2. The zero-order chi connectivity index (χ0) is 16.0. The van der Waals surface area contributed by atoms with Crippen molar-refractivity contribution in [3.63, 3.8) is 0 Å². The van der Waals surface area contributed by atoms with Crippen LogP contribution in [0.15, 0.2) is 12.3 Å². The highest BCUT2D eigenvalue weighted by molar-refractivity contribution is 6.30. The van der Waals surface area contributed by atoms with Gasteiger partial charge in [-0.2, -0.15) is 0 Å². The maximum Gasteiger partial charge on any atom is 0.315 e. The van der Waals surface area contributed by atoms with Gasteiger partial charge in [0.05, 0.1) is 17.7 Å². The Morgan fingerprint density at radius 3 is 2.96 bits per heavy atom. The van der Waals surface area contributed by atoms with Gasteiger partial charge >= 0.3 is 6.03 Å². The molecule has 2 saturated carbocycles. The number of amides is 2. The molecule has 2 heterocycles. The molecule has 1 spiro atoms. The Kier molecular flexibility index (Phi) is 3.81. The van der Waals surface area contributed by atoms with Crippen molar-refractivity contribution in [3.05, 3.63) is 23.0 Å². The van der Waals surface area contributed by atoms with E-state index in [0.29, 0.717) is 23.6 Å². The first kappa shape index (κ1) is 15.3. The summed E-state index contributed by atoms with van der Waals surface area (Å²) in [6.07, 6.45) is 8.19. The van der Waals surface area contributed by atoms with Crippen LogP contribution in [-0.2, 0) is 18.3 Å². The molecule has 5 nitrogen and oxygen atoms in total. The van der Waals surface area contributed by atoms with Crippen LogP contribution in [0, 0.1) is 11.3 Å². The second-order valence-electron chi connectivity index (χ2n) is 7.25. The zero-order valence-corrected chi connectivity index (χ0v) is 14.2. The highest BCUT2D eigenvalue weighted by Crippen LogP contribution is 2.60. The van der Waals surface area contributed by atoms with Crippen LogP contribution in [-0.4, -0.2) is 29.4 Å². The molecule has 4 rings (SSSR count). The monoisotopic (exact) mass is 337 g/mol. The molecule has 0 bridgehead atoms. The Labute approximate surface area is 141 Å². The first-order valence-corrected chi connectivity index (χ1v) is 8.95. The number of hydrogen-bond acceptors (Lipinski definition) is 2. The van der Waals surface area contributed by atoms with Crippen LogP contribution in [0.5, 0.6) is 0 Å². The van der Waals surface area contributed by atoms with Crippen molar-refractivity contribution in [2.24, 2.45) is 18.4 Å². The summed E-state index contributed by atoms with van der Waals surface area (Å²) in [5, 5.41) is 6.91. The number of nitrogens with one attached hydrogen (secondary N) is 2. The summed E-state index contributed by atoms with van der Waals surface area (Å²) < 4.78 is 7.90. The molecule has 6 heteroatoms. The Balaban J connectivity index is 1.37. The fourth-order valence-electron chi connectivity index (χ4n) is 5.01. The Hall–Kier alpha value is -1.20. The van der Waals surface area contributed by atoms with E-state index in [9.17, 15) is 4.79 Å². The number of fused-ring (bicyclic) bond motifs is 2. The lowest BCUT2D eigenvalue weighted by Crippen LogP contribution is -2.69. The second kappa shape index (κ2) is 5.71. The van der Waals surface area contributed by atoms with Crippen LogP contribution in [0.4, 0.5) is 4.79 Å². The molecule has 126 valence electrons. The van der Waals surface area contributed by atoms with Gasteiger partial charge in [0, 0.05) is 42.9 Å². The standard InChI is InChI=1S/C17H24ClN3O2/c1-21-10-11(18)8-12(21)9-19-16(22)20-14-13-4-7-23-15(13)17(14)5-2-3-6-17/h8,10,13-15H,2-7,9H2,1H3,(H2,19,20,22). The predicted molar refractivity (Wildman–Crippen MR) is 88.3 cm³/mol. The molecule has 0 aromatic carbocycles. The van der Waals surface area contributed by atoms with Crippen LogP contribution in [0.2, 0.25) is 5.02 Å². The summed E-state index contributed by atoms with van der Waals surface area (Å²) >= 11 is 5.98. The molecule has 3 aliphatic rings. The molecule has 1 saturated heterocycles. The van der Waals surface area contributed by atoms with Gasteiger partial charge in [-0.05, 0) is 25.3 Å². The fraction of sp³-hybridized carbons (Fsp3) is 0.706. The van der Waals surface area contributed by atoms with Crippen molar-refractivity contribution in [1.29, 1.82) is 0 Å². The summed E-state index contributed by atoms with van der Waals surface area (Å²) in [5.41, 5.74) is 1.20. The van der Waals surface area contributed by atoms with Crippen molar-refractivity contribution in [2.75, 3.05) is 6.61 Å². The van der Waals surface area contributed by atoms with Crippen molar-refractivity contribution in [2.45, 2.75) is 50.8 Å². The average molecular weight is 338 g/mol. The number of rotatable bonds is 3. The molecule has 1 aromatic rings. The number of hydrogen-bond donors (Lipinski definition) is 2. The van der Waals surface area contributed by atoms with Gasteiger partial charge in [0.1, 0.15) is 0 Å². The van der Waals surface area contributed by atoms with Crippen molar-refractivity contribution < 1.29 is 9.53 Å². The van der Waals surface area contributed by atoms with Gasteiger partial charge in [0.15, 0.2) is 0 Å². The van der Waals surface area contributed by atoms with Crippen LogP contribution >= 0.6 is 11.6 Å². The van der Waals surface area contributed by atoms with Crippen LogP contribution in [0.3, 0.4) is 0 Å². The number of carbonyl (C=O) groups is 1. The van der Waals surface area contributed by atoms with Gasteiger partial charge < -0.3 is 19.9 Å². The van der Waals surface area contributed by atoms with Gasteiger partial charge in [0.2, 0.25) is 0 Å². The number of urea groups is 1. The molecule has 2 amide bonds. The minimum Gasteiger partial charge on any atom is -0.377 e. The third-order valence-electron chi connectivity index (χ3n) is 6.08. The molecule has 1 aromatic heterocycles. The molecule has 3 unspecified atom stereocenters. The minimum absolute atomic E-state index is 0.0797.